The summed E-state index contributed by atoms with van der Waals surface area (Å²) in [6, 6.07) is -0.460. The Morgan fingerprint density at radius 3 is 2.00 bits per heavy atom. The fourth-order valence-corrected chi connectivity index (χ4v) is 1.04. The molecule has 0 heterocycles. The molecule has 4 heteroatoms. The van der Waals surface area contributed by atoms with Crippen molar-refractivity contribution >= 4 is 11.8 Å². The Kier molecular flexibility index (Phi) is 5.97. The van der Waals surface area contributed by atoms with Crippen molar-refractivity contribution < 1.29 is 9.59 Å². The fraction of sp³-hybridized carbons (Fsp3) is 0.818. The Balaban J connectivity index is 4.12. The maximum absolute atomic E-state index is 11.6. The van der Waals surface area contributed by atoms with E-state index in [-0.39, 0.29) is 23.7 Å². The molecule has 0 saturated heterocycles. The number of nitrogens with one attached hydrogen (secondary N) is 2. The molecule has 2 N–H and O–H groups in total. The van der Waals surface area contributed by atoms with E-state index in [4.69, 9.17) is 0 Å². The normalized spacial score (nSPS) is 14.5. The summed E-state index contributed by atoms with van der Waals surface area (Å²) in [5.74, 6) is 0.0128. The van der Waals surface area contributed by atoms with Gasteiger partial charge in [0.1, 0.15) is 6.04 Å². The average molecular weight is 214 g/mol. The predicted octanol–water partition coefficient (Wildman–Crippen LogP) is 0.919. The van der Waals surface area contributed by atoms with Crippen LogP contribution in [0.4, 0.5) is 0 Å². The molecule has 2 atom stereocenters. The standard InChI is InChI=1S/C11H22N2O2/c1-6-12-11(15)9(5)13-10(14)8(4)7(2)3/h7-9H,6H2,1-5H3,(H,12,15)(H,13,14). The first-order valence-electron chi connectivity index (χ1n) is 5.48. The van der Waals surface area contributed by atoms with Gasteiger partial charge in [-0.3, -0.25) is 9.59 Å². The van der Waals surface area contributed by atoms with Crippen LogP contribution in [0.15, 0.2) is 0 Å². The van der Waals surface area contributed by atoms with Crippen LogP contribution in [0.2, 0.25) is 0 Å². The van der Waals surface area contributed by atoms with E-state index >= 15 is 0 Å². The van der Waals surface area contributed by atoms with Crippen molar-refractivity contribution in [3.63, 3.8) is 0 Å². The molecule has 0 aliphatic rings. The van der Waals surface area contributed by atoms with E-state index in [2.05, 4.69) is 10.6 Å². The second-order valence-electron chi connectivity index (χ2n) is 4.16. The summed E-state index contributed by atoms with van der Waals surface area (Å²) in [7, 11) is 0. The van der Waals surface area contributed by atoms with Crippen LogP contribution in [0.5, 0.6) is 0 Å². The predicted molar refractivity (Wildman–Crippen MR) is 60.3 cm³/mol. The topological polar surface area (TPSA) is 58.2 Å². The number of hydrogen-bond acceptors (Lipinski definition) is 2. The highest BCUT2D eigenvalue weighted by atomic mass is 16.2. The second-order valence-corrected chi connectivity index (χ2v) is 4.16. The van der Waals surface area contributed by atoms with E-state index in [1.54, 1.807) is 6.92 Å². The molecule has 0 spiro atoms. The number of carbonyl (C=O) groups excluding carboxylic acids is 2. The molecule has 0 aliphatic carbocycles. The quantitative estimate of drug-likeness (QED) is 0.715. The van der Waals surface area contributed by atoms with Crippen LogP contribution < -0.4 is 10.6 Å². The number of likely N-dealkylation sites (N-methyl/N-ethyl adjacent to an activating group) is 1. The van der Waals surface area contributed by atoms with Gasteiger partial charge in [0.05, 0.1) is 0 Å². The summed E-state index contributed by atoms with van der Waals surface area (Å²) >= 11 is 0. The van der Waals surface area contributed by atoms with Gasteiger partial charge in [-0.05, 0) is 19.8 Å². The fourth-order valence-electron chi connectivity index (χ4n) is 1.04. The lowest BCUT2D eigenvalue weighted by molar-refractivity contribution is -0.131. The van der Waals surface area contributed by atoms with Gasteiger partial charge in [0.2, 0.25) is 11.8 Å². The monoisotopic (exact) mass is 214 g/mol. The summed E-state index contributed by atoms with van der Waals surface area (Å²) in [5, 5.41) is 5.36. The third-order valence-corrected chi connectivity index (χ3v) is 2.52. The van der Waals surface area contributed by atoms with Gasteiger partial charge in [-0.25, -0.2) is 0 Å². The molecule has 2 amide bonds. The van der Waals surface area contributed by atoms with Crippen LogP contribution in [0.25, 0.3) is 0 Å². The zero-order valence-corrected chi connectivity index (χ0v) is 10.3. The van der Waals surface area contributed by atoms with Gasteiger partial charge in [-0.1, -0.05) is 20.8 Å². The lowest BCUT2D eigenvalue weighted by Crippen LogP contribution is -2.46. The minimum atomic E-state index is -0.460. The molecule has 0 rings (SSSR count). The third-order valence-electron chi connectivity index (χ3n) is 2.52. The smallest absolute Gasteiger partial charge is 0.242 e. The summed E-state index contributed by atoms with van der Waals surface area (Å²) in [6.45, 7) is 9.96. The van der Waals surface area contributed by atoms with Crippen molar-refractivity contribution in [2.24, 2.45) is 11.8 Å². The van der Waals surface area contributed by atoms with Crippen molar-refractivity contribution in [1.82, 2.24) is 10.6 Å². The van der Waals surface area contributed by atoms with Gasteiger partial charge in [-0.15, -0.1) is 0 Å². The second kappa shape index (κ2) is 6.43. The molecular weight excluding hydrogens is 192 g/mol. The van der Waals surface area contributed by atoms with Crippen molar-refractivity contribution in [2.75, 3.05) is 6.54 Å². The first-order valence-corrected chi connectivity index (χ1v) is 5.48. The summed E-state index contributed by atoms with van der Waals surface area (Å²) < 4.78 is 0. The highest BCUT2D eigenvalue weighted by Gasteiger charge is 2.20. The minimum Gasteiger partial charge on any atom is -0.355 e. The highest BCUT2D eigenvalue weighted by Crippen LogP contribution is 2.09. The van der Waals surface area contributed by atoms with Gasteiger partial charge in [0.25, 0.3) is 0 Å². The Bertz CT molecular complexity index is 227. The molecule has 15 heavy (non-hydrogen) atoms. The van der Waals surface area contributed by atoms with E-state index in [0.717, 1.165) is 0 Å². The molecule has 0 aromatic carbocycles. The van der Waals surface area contributed by atoms with Crippen LogP contribution in [0, 0.1) is 11.8 Å². The molecule has 0 aromatic rings. The van der Waals surface area contributed by atoms with Crippen LogP contribution in [-0.4, -0.2) is 24.4 Å². The molecule has 0 aromatic heterocycles. The van der Waals surface area contributed by atoms with Crippen molar-refractivity contribution in [1.29, 1.82) is 0 Å². The first-order chi connectivity index (χ1) is 6.90. The molecular formula is C11H22N2O2. The Labute approximate surface area is 91.8 Å². The number of hydrogen-bond donors (Lipinski definition) is 2. The van der Waals surface area contributed by atoms with Crippen molar-refractivity contribution in [2.45, 2.75) is 40.7 Å². The highest BCUT2D eigenvalue weighted by molar-refractivity contribution is 5.88. The summed E-state index contributed by atoms with van der Waals surface area (Å²) in [4.78, 5) is 23.0. The van der Waals surface area contributed by atoms with Crippen LogP contribution in [0.3, 0.4) is 0 Å². The largest absolute Gasteiger partial charge is 0.355 e. The van der Waals surface area contributed by atoms with Crippen LogP contribution >= 0.6 is 0 Å². The molecule has 2 unspecified atom stereocenters. The van der Waals surface area contributed by atoms with Crippen molar-refractivity contribution in [3.05, 3.63) is 0 Å². The molecule has 88 valence electrons. The lowest BCUT2D eigenvalue weighted by atomic mass is 9.97. The molecule has 0 fully saturated rings. The summed E-state index contributed by atoms with van der Waals surface area (Å²) in [5.41, 5.74) is 0. The van der Waals surface area contributed by atoms with Gasteiger partial charge in [0, 0.05) is 12.5 Å². The van der Waals surface area contributed by atoms with E-state index < -0.39 is 6.04 Å². The van der Waals surface area contributed by atoms with Crippen LogP contribution in [0.1, 0.15) is 34.6 Å². The number of rotatable bonds is 5. The lowest BCUT2D eigenvalue weighted by Gasteiger charge is -2.19. The minimum absolute atomic E-state index is 0.0660. The average Bonchev–Trinajstić information content (AvgIpc) is 2.16. The zero-order valence-electron chi connectivity index (χ0n) is 10.3. The third kappa shape index (κ3) is 4.81. The Morgan fingerprint density at radius 2 is 1.60 bits per heavy atom. The van der Waals surface area contributed by atoms with Gasteiger partial charge in [-0.2, -0.15) is 0 Å². The Hall–Kier alpha value is -1.06. The van der Waals surface area contributed by atoms with Crippen LogP contribution in [-0.2, 0) is 9.59 Å². The van der Waals surface area contributed by atoms with E-state index in [0.29, 0.717) is 6.54 Å². The molecule has 0 radical (unpaired) electrons. The van der Waals surface area contributed by atoms with Crippen molar-refractivity contribution in [3.8, 4) is 0 Å². The number of amides is 2. The Morgan fingerprint density at radius 1 is 1.07 bits per heavy atom. The van der Waals surface area contributed by atoms with Gasteiger partial charge in [0.15, 0.2) is 0 Å². The molecule has 0 bridgehead atoms. The zero-order chi connectivity index (χ0) is 12.0. The van der Waals surface area contributed by atoms with E-state index in [1.807, 2.05) is 27.7 Å². The van der Waals surface area contributed by atoms with E-state index in [1.165, 1.54) is 0 Å². The number of carbonyl (C=O) groups is 2. The molecule has 0 aliphatic heterocycles. The van der Waals surface area contributed by atoms with Gasteiger partial charge < -0.3 is 10.6 Å². The van der Waals surface area contributed by atoms with E-state index in [9.17, 15) is 9.59 Å². The maximum Gasteiger partial charge on any atom is 0.242 e. The molecule has 4 nitrogen and oxygen atoms in total. The van der Waals surface area contributed by atoms with Gasteiger partial charge >= 0.3 is 0 Å². The summed E-state index contributed by atoms with van der Waals surface area (Å²) in [6.07, 6.45) is 0. The molecule has 0 saturated carbocycles. The SMILES string of the molecule is CCNC(=O)C(C)NC(=O)C(C)C(C)C. The maximum atomic E-state index is 11.6. The first kappa shape index (κ1) is 13.9.